The van der Waals surface area contributed by atoms with Crippen LogP contribution in [0.3, 0.4) is 0 Å². The van der Waals surface area contributed by atoms with Gasteiger partial charge in [0, 0.05) is 0 Å². The summed E-state index contributed by atoms with van der Waals surface area (Å²) in [4.78, 5) is 11.7. The fourth-order valence-corrected chi connectivity index (χ4v) is 2.76. The fourth-order valence-electron chi connectivity index (χ4n) is 2.76. The molecule has 1 atom stereocenters. The molecule has 1 N–H and O–H groups in total. The molecule has 0 fully saturated rings. The largest absolute Gasteiger partial charge is 0.481 e. The van der Waals surface area contributed by atoms with E-state index in [4.69, 9.17) is 0 Å². The molecule has 0 aromatic heterocycles. The summed E-state index contributed by atoms with van der Waals surface area (Å²) in [5, 5.41) is 9.65. The van der Waals surface area contributed by atoms with Gasteiger partial charge in [0.15, 0.2) is 0 Å². The van der Waals surface area contributed by atoms with Crippen LogP contribution in [0.4, 0.5) is 0 Å². The van der Waals surface area contributed by atoms with Crippen molar-refractivity contribution in [2.45, 2.75) is 32.1 Å². The van der Waals surface area contributed by atoms with E-state index < -0.39 is 11.4 Å². The molecule has 0 saturated heterocycles. The van der Waals surface area contributed by atoms with Crippen molar-refractivity contribution >= 4 is 12.0 Å². The van der Waals surface area contributed by atoms with Crippen molar-refractivity contribution in [2.24, 2.45) is 5.92 Å². The maximum absolute atomic E-state index is 11.7. The predicted molar refractivity (Wildman–Crippen MR) is 68.9 cm³/mol. The van der Waals surface area contributed by atoms with Crippen molar-refractivity contribution in [1.82, 2.24) is 0 Å². The van der Waals surface area contributed by atoms with Gasteiger partial charge in [0.05, 0.1) is 5.41 Å². The molecule has 17 heavy (non-hydrogen) atoms. The summed E-state index contributed by atoms with van der Waals surface area (Å²) >= 11 is 0. The van der Waals surface area contributed by atoms with Crippen LogP contribution in [0.5, 0.6) is 0 Å². The summed E-state index contributed by atoms with van der Waals surface area (Å²) in [7, 11) is 0. The van der Waals surface area contributed by atoms with Crippen LogP contribution in [0, 0.1) is 5.92 Å². The Morgan fingerprint density at radius 1 is 1.41 bits per heavy atom. The van der Waals surface area contributed by atoms with Crippen LogP contribution < -0.4 is 0 Å². The summed E-state index contributed by atoms with van der Waals surface area (Å²) < 4.78 is 0. The average Bonchev–Trinajstić information content (AvgIpc) is 2.28. The standard InChI is InChI=1S/C15H18O2/c1-11(2)10-15(14(16)17)9-5-7-12-6-3-4-8-13(12)15/h3-8,11H,9-10H2,1-2H3,(H,16,17). The van der Waals surface area contributed by atoms with Crippen LogP contribution in [0.15, 0.2) is 30.3 Å². The molecule has 1 aliphatic carbocycles. The molecule has 0 aliphatic heterocycles. The molecule has 90 valence electrons. The Bertz CT molecular complexity index is 460. The molecule has 0 bridgehead atoms. The number of fused-ring (bicyclic) bond motifs is 1. The normalized spacial score (nSPS) is 22.5. The van der Waals surface area contributed by atoms with E-state index in [0.29, 0.717) is 18.8 Å². The van der Waals surface area contributed by atoms with Gasteiger partial charge in [-0.1, -0.05) is 50.3 Å². The summed E-state index contributed by atoms with van der Waals surface area (Å²) in [6.45, 7) is 4.15. The first-order valence-corrected chi connectivity index (χ1v) is 6.06. The number of benzene rings is 1. The van der Waals surface area contributed by atoms with E-state index in [9.17, 15) is 9.90 Å². The molecule has 1 unspecified atom stereocenters. The highest BCUT2D eigenvalue weighted by atomic mass is 16.4. The zero-order valence-electron chi connectivity index (χ0n) is 10.3. The van der Waals surface area contributed by atoms with Crippen LogP contribution >= 0.6 is 0 Å². The topological polar surface area (TPSA) is 37.3 Å². The highest BCUT2D eigenvalue weighted by molar-refractivity contribution is 5.85. The highest BCUT2D eigenvalue weighted by Crippen LogP contribution is 2.40. The van der Waals surface area contributed by atoms with Crippen LogP contribution in [0.2, 0.25) is 0 Å². The van der Waals surface area contributed by atoms with E-state index >= 15 is 0 Å². The summed E-state index contributed by atoms with van der Waals surface area (Å²) in [6, 6.07) is 7.82. The molecule has 0 amide bonds. The maximum Gasteiger partial charge on any atom is 0.314 e. The van der Waals surface area contributed by atoms with Gasteiger partial charge in [-0.05, 0) is 29.9 Å². The number of carbonyl (C=O) groups is 1. The van der Waals surface area contributed by atoms with Gasteiger partial charge >= 0.3 is 5.97 Å². The summed E-state index contributed by atoms with van der Waals surface area (Å²) in [5.41, 5.74) is 1.27. The lowest BCUT2D eigenvalue weighted by molar-refractivity contribution is -0.144. The smallest absolute Gasteiger partial charge is 0.314 e. The number of rotatable bonds is 3. The first-order valence-electron chi connectivity index (χ1n) is 6.06. The number of hydrogen-bond acceptors (Lipinski definition) is 1. The van der Waals surface area contributed by atoms with E-state index in [1.807, 2.05) is 36.4 Å². The molecule has 2 nitrogen and oxygen atoms in total. The van der Waals surface area contributed by atoms with Gasteiger partial charge in [-0.15, -0.1) is 0 Å². The molecular formula is C15H18O2. The maximum atomic E-state index is 11.7. The van der Waals surface area contributed by atoms with Crippen molar-refractivity contribution in [3.05, 3.63) is 41.5 Å². The van der Waals surface area contributed by atoms with Crippen LogP contribution in [0.25, 0.3) is 6.08 Å². The van der Waals surface area contributed by atoms with E-state index in [1.165, 1.54) is 0 Å². The zero-order valence-corrected chi connectivity index (χ0v) is 10.3. The second-order valence-electron chi connectivity index (χ2n) is 5.18. The third-order valence-corrected chi connectivity index (χ3v) is 3.41. The molecule has 1 aromatic rings. The Hall–Kier alpha value is -1.57. The molecule has 0 heterocycles. The molecule has 0 radical (unpaired) electrons. The fraction of sp³-hybridized carbons (Fsp3) is 0.400. The minimum absolute atomic E-state index is 0.366. The second-order valence-corrected chi connectivity index (χ2v) is 5.18. The second kappa shape index (κ2) is 4.36. The van der Waals surface area contributed by atoms with Gasteiger partial charge in [0.25, 0.3) is 0 Å². The van der Waals surface area contributed by atoms with E-state index in [1.54, 1.807) is 0 Å². The third kappa shape index (κ3) is 1.99. The molecule has 2 heteroatoms. The minimum Gasteiger partial charge on any atom is -0.481 e. The average molecular weight is 230 g/mol. The van der Waals surface area contributed by atoms with E-state index in [0.717, 1.165) is 11.1 Å². The molecule has 0 saturated carbocycles. The highest BCUT2D eigenvalue weighted by Gasteiger charge is 2.42. The number of carboxylic acids is 1. The van der Waals surface area contributed by atoms with Gasteiger partial charge in [0.1, 0.15) is 0 Å². The van der Waals surface area contributed by atoms with E-state index in [2.05, 4.69) is 13.8 Å². The Balaban J connectivity index is 2.55. The number of hydrogen-bond donors (Lipinski definition) is 1. The van der Waals surface area contributed by atoms with Crippen LogP contribution in [-0.2, 0) is 10.2 Å². The lowest BCUT2D eigenvalue weighted by atomic mass is 9.68. The first kappa shape index (κ1) is 11.9. The summed E-state index contributed by atoms with van der Waals surface area (Å²) in [6.07, 6.45) is 5.29. The van der Waals surface area contributed by atoms with Gasteiger partial charge < -0.3 is 5.11 Å². The zero-order chi connectivity index (χ0) is 12.5. The Morgan fingerprint density at radius 3 is 2.76 bits per heavy atom. The van der Waals surface area contributed by atoms with Gasteiger partial charge in [-0.2, -0.15) is 0 Å². The van der Waals surface area contributed by atoms with Crippen molar-refractivity contribution in [1.29, 1.82) is 0 Å². The minimum atomic E-state index is -0.737. The molecule has 1 aliphatic rings. The summed E-state index contributed by atoms with van der Waals surface area (Å²) in [5.74, 6) is -0.339. The van der Waals surface area contributed by atoms with E-state index in [-0.39, 0.29) is 0 Å². The van der Waals surface area contributed by atoms with Gasteiger partial charge in [-0.25, -0.2) is 0 Å². The van der Waals surface area contributed by atoms with Crippen molar-refractivity contribution < 1.29 is 9.90 Å². The third-order valence-electron chi connectivity index (χ3n) is 3.41. The Labute approximate surface area is 102 Å². The van der Waals surface area contributed by atoms with Gasteiger partial charge in [-0.3, -0.25) is 4.79 Å². The van der Waals surface area contributed by atoms with Gasteiger partial charge in [0.2, 0.25) is 0 Å². The van der Waals surface area contributed by atoms with Crippen molar-refractivity contribution in [3.63, 3.8) is 0 Å². The Kier molecular flexibility index (Phi) is 3.05. The number of allylic oxidation sites excluding steroid dienone is 1. The number of carboxylic acid groups (broad SMARTS) is 1. The quantitative estimate of drug-likeness (QED) is 0.863. The van der Waals surface area contributed by atoms with Crippen molar-refractivity contribution in [3.8, 4) is 0 Å². The lowest BCUT2D eigenvalue weighted by Gasteiger charge is -2.34. The van der Waals surface area contributed by atoms with Crippen LogP contribution in [0.1, 0.15) is 37.8 Å². The molecular weight excluding hydrogens is 212 g/mol. The van der Waals surface area contributed by atoms with Crippen LogP contribution in [-0.4, -0.2) is 11.1 Å². The van der Waals surface area contributed by atoms with Crippen molar-refractivity contribution in [2.75, 3.05) is 0 Å². The molecule has 1 aromatic carbocycles. The SMILES string of the molecule is CC(C)CC1(C(=O)O)CC=Cc2ccccc21. The first-order chi connectivity index (χ1) is 8.06. The monoisotopic (exact) mass is 230 g/mol. The predicted octanol–water partition coefficient (Wildman–Crippen LogP) is 3.47. The number of aliphatic carboxylic acids is 1. The Morgan fingerprint density at radius 2 is 2.12 bits per heavy atom. The molecule has 2 rings (SSSR count). The molecule has 0 spiro atoms. The lowest BCUT2D eigenvalue weighted by Crippen LogP contribution is -2.38.